The highest BCUT2D eigenvalue weighted by Gasteiger charge is 2.63. The van der Waals surface area contributed by atoms with Gasteiger partial charge in [0, 0.05) is 0 Å². The second-order valence-corrected chi connectivity index (χ2v) is 5.08. The number of rotatable bonds is 3. The third kappa shape index (κ3) is 2.12. The zero-order valence-corrected chi connectivity index (χ0v) is 8.67. The maximum Gasteiger partial charge on any atom is 0.397 e. The van der Waals surface area contributed by atoms with Gasteiger partial charge >= 0.3 is 13.3 Å². The molecular formula is C6H11F2O7P. The van der Waals surface area contributed by atoms with Crippen molar-refractivity contribution in [1.82, 2.24) is 0 Å². The van der Waals surface area contributed by atoms with E-state index in [9.17, 15) is 13.3 Å². The van der Waals surface area contributed by atoms with Crippen molar-refractivity contribution in [3.8, 4) is 0 Å². The number of alkyl halides is 2. The second-order valence-electron chi connectivity index (χ2n) is 3.39. The van der Waals surface area contributed by atoms with Crippen LogP contribution in [0.1, 0.15) is 0 Å². The average Bonchev–Trinajstić information content (AvgIpc) is 2.42. The Hall–Kier alpha value is -0.150. The largest absolute Gasteiger partial charge is 0.397 e. The Balaban J connectivity index is 2.95. The van der Waals surface area contributed by atoms with Crippen molar-refractivity contribution >= 4 is 7.60 Å². The van der Waals surface area contributed by atoms with Crippen molar-refractivity contribution in [1.29, 1.82) is 0 Å². The van der Waals surface area contributed by atoms with Crippen LogP contribution < -0.4 is 0 Å². The maximum atomic E-state index is 13.1. The highest BCUT2D eigenvalue weighted by molar-refractivity contribution is 7.53. The van der Waals surface area contributed by atoms with Crippen molar-refractivity contribution in [3.05, 3.63) is 0 Å². The van der Waals surface area contributed by atoms with E-state index < -0.39 is 44.3 Å². The predicted octanol–water partition coefficient (Wildman–Crippen LogP) is -1.76. The standard InChI is InChI=1S/C6H11F2O7P/c7-6(8,16(12,13)14)5-4(11)3(10)2(1-9)15-5/h2-5,9-11H,1H2,(H2,12,13,14)/t2-,3-,4+,5+/m1/s1. The summed E-state index contributed by atoms with van der Waals surface area (Å²) in [6.07, 6.45) is -8.06. The van der Waals surface area contributed by atoms with Gasteiger partial charge in [0.1, 0.15) is 18.3 Å². The third-order valence-electron chi connectivity index (χ3n) is 2.27. The molecule has 0 unspecified atom stereocenters. The minimum absolute atomic E-state index is 0.855. The molecule has 0 aromatic carbocycles. The first-order chi connectivity index (χ1) is 7.13. The molecule has 0 spiro atoms. The van der Waals surface area contributed by atoms with Crippen LogP contribution in [0.25, 0.3) is 0 Å². The molecule has 7 nitrogen and oxygen atoms in total. The van der Waals surface area contributed by atoms with E-state index in [1.807, 2.05) is 0 Å². The first kappa shape index (κ1) is 13.9. The summed E-state index contributed by atoms with van der Waals surface area (Å²) in [7, 11) is -5.83. The normalized spacial score (nSPS) is 36.7. The van der Waals surface area contributed by atoms with E-state index in [4.69, 9.17) is 25.1 Å². The summed E-state index contributed by atoms with van der Waals surface area (Å²) in [5.41, 5.74) is -4.63. The number of hydrogen-bond donors (Lipinski definition) is 5. The van der Waals surface area contributed by atoms with Crippen LogP contribution >= 0.6 is 7.60 Å². The van der Waals surface area contributed by atoms with Crippen LogP contribution in [0, 0.1) is 0 Å². The lowest BCUT2D eigenvalue weighted by molar-refractivity contribution is -0.122. The summed E-state index contributed by atoms with van der Waals surface area (Å²) in [6, 6.07) is 0. The molecule has 0 amide bonds. The van der Waals surface area contributed by atoms with E-state index in [1.165, 1.54) is 0 Å². The molecule has 0 aliphatic carbocycles. The van der Waals surface area contributed by atoms with Crippen LogP contribution in [0.15, 0.2) is 0 Å². The summed E-state index contributed by atoms with van der Waals surface area (Å²) >= 11 is 0. The Bertz CT molecular complexity index is 305. The molecule has 0 radical (unpaired) electrons. The van der Waals surface area contributed by atoms with Crippen LogP contribution in [-0.4, -0.2) is 61.8 Å². The molecule has 5 N–H and O–H groups in total. The van der Waals surface area contributed by atoms with Gasteiger partial charge in [0.25, 0.3) is 0 Å². The average molecular weight is 264 g/mol. The van der Waals surface area contributed by atoms with E-state index in [2.05, 4.69) is 4.74 Å². The van der Waals surface area contributed by atoms with Crippen LogP contribution in [0.5, 0.6) is 0 Å². The molecule has 1 rings (SSSR count). The molecule has 1 aliphatic rings. The maximum absolute atomic E-state index is 13.1. The molecule has 0 saturated carbocycles. The fourth-order valence-corrected chi connectivity index (χ4v) is 1.90. The Kier molecular flexibility index (Phi) is 3.71. The van der Waals surface area contributed by atoms with Crippen molar-refractivity contribution in [3.63, 3.8) is 0 Å². The zero-order chi connectivity index (χ0) is 12.7. The Morgan fingerprint density at radius 3 is 2.06 bits per heavy atom. The second kappa shape index (κ2) is 4.26. The summed E-state index contributed by atoms with van der Waals surface area (Å²) in [5, 5.41) is 26.9. The lowest BCUT2D eigenvalue weighted by Gasteiger charge is -2.25. The predicted molar refractivity (Wildman–Crippen MR) is 44.8 cm³/mol. The van der Waals surface area contributed by atoms with E-state index in [0.29, 0.717) is 0 Å². The van der Waals surface area contributed by atoms with Crippen molar-refractivity contribution in [2.45, 2.75) is 30.1 Å². The monoisotopic (exact) mass is 264 g/mol. The van der Waals surface area contributed by atoms with Gasteiger partial charge in [-0.05, 0) is 0 Å². The van der Waals surface area contributed by atoms with Crippen molar-refractivity contribution in [2.75, 3.05) is 6.61 Å². The zero-order valence-electron chi connectivity index (χ0n) is 7.77. The van der Waals surface area contributed by atoms with Crippen LogP contribution in [0.4, 0.5) is 8.78 Å². The van der Waals surface area contributed by atoms with Crippen LogP contribution in [0.2, 0.25) is 0 Å². The van der Waals surface area contributed by atoms with Gasteiger partial charge in [0.2, 0.25) is 0 Å². The number of aliphatic hydroxyl groups excluding tert-OH is 3. The minimum atomic E-state index is -5.83. The molecule has 1 heterocycles. The Morgan fingerprint density at radius 1 is 1.25 bits per heavy atom. The molecule has 10 heteroatoms. The van der Waals surface area contributed by atoms with E-state index in [1.54, 1.807) is 0 Å². The summed E-state index contributed by atoms with van der Waals surface area (Å²) < 4.78 is 41.1. The van der Waals surface area contributed by atoms with Gasteiger partial charge in [0.05, 0.1) is 6.61 Å². The molecule has 1 aliphatic heterocycles. The van der Waals surface area contributed by atoms with Crippen LogP contribution in [-0.2, 0) is 9.30 Å². The van der Waals surface area contributed by atoms with E-state index in [-0.39, 0.29) is 0 Å². The lowest BCUT2D eigenvalue weighted by atomic mass is 10.1. The molecular weight excluding hydrogens is 253 g/mol. The molecule has 0 aromatic rings. The van der Waals surface area contributed by atoms with E-state index in [0.717, 1.165) is 0 Å². The first-order valence-electron chi connectivity index (χ1n) is 4.19. The van der Waals surface area contributed by atoms with Crippen molar-refractivity contribution < 1.29 is 43.2 Å². The number of aliphatic hydroxyl groups is 3. The van der Waals surface area contributed by atoms with Crippen molar-refractivity contribution in [2.24, 2.45) is 0 Å². The minimum Gasteiger partial charge on any atom is -0.394 e. The molecule has 0 bridgehead atoms. The Morgan fingerprint density at radius 2 is 1.75 bits per heavy atom. The summed E-state index contributed by atoms with van der Waals surface area (Å²) in [5.74, 6) is 0. The quantitative estimate of drug-likeness (QED) is 0.382. The van der Waals surface area contributed by atoms with Gasteiger partial charge in [-0.3, -0.25) is 4.57 Å². The van der Waals surface area contributed by atoms with Gasteiger partial charge in [0.15, 0.2) is 6.10 Å². The number of hydrogen-bond acceptors (Lipinski definition) is 5. The fraction of sp³-hybridized carbons (Fsp3) is 1.00. The topological polar surface area (TPSA) is 127 Å². The third-order valence-corrected chi connectivity index (χ3v) is 3.30. The Labute approximate surface area is 88.4 Å². The first-order valence-corrected chi connectivity index (χ1v) is 5.80. The SMILES string of the molecule is O=P(O)(O)C(F)(F)[C@H]1O[C@H](CO)[C@@H](O)[C@@H]1O. The summed E-state index contributed by atoms with van der Waals surface area (Å²) in [4.78, 5) is 16.8. The summed E-state index contributed by atoms with van der Waals surface area (Å²) in [6.45, 7) is -0.855. The van der Waals surface area contributed by atoms with Gasteiger partial charge in [-0.1, -0.05) is 0 Å². The lowest BCUT2D eigenvalue weighted by Crippen LogP contribution is -2.43. The molecule has 4 atom stereocenters. The van der Waals surface area contributed by atoms with Gasteiger partial charge in [-0.25, -0.2) is 0 Å². The highest BCUT2D eigenvalue weighted by Crippen LogP contribution is 2.57. The van der Waals surface area contributed by atoms with E-state index >= 15 is 0 Å². The van der Waals surface area contributed by atoms with Gasteiger partial charge in [-0.2, -0.15) is 8.78 Å². The molecule has 16 heavy (non-hydrogen) atoms. The number of halogens is 2. The van der Waals surface area contributed by atoms with Crippen LogP contribution in [0.3, 0.4) is 0 Å². The number of ether oxygens (including phenoxy) is 1. The fourth-order valence-electron chi connectivity index (χ4n) is 1.35. The van der Waals surface area contributed by atoms with Gasteiger partial charge in [-0.15, -0.1) is 0 Å². The highest BCUT2D eigenvalue weighted by atomic mass is 31.2. The molecule has 1 fully saturated rings. The smallest absolute Gasteiger partial charge is 0.394 e. The molecule has 0 aromatic heterocycles. The molecule has 1 saturated heterocycles. The molecule has 96 valence electrons. The van der Waals surface area contributed by atoms with Gasteiger partial charge < -0.3 is 29.8 Å².